The highest BCUT2D eigenvalue weighted by atomic mass is 16.5. The van der Waals surface area contributed by atoms with Crippen molar-refractivity contribution in [3.05, 3.63) is 47.0 Å². The Balaban J connectivity index is 2.19. The fourth-order valence-electron chi connectivity index (χ4n) is 2.34. The van der Waals surface area contributed by atoms with Gasteiger partial charge < -0.3 is 4.74 Å². The molecule has 2 heteroatoms. The molecule has 1 aromatic rings. The first-order valence-electron chi connectivity index (χ1n) is 6.52. The van der Waals surface area contributed by atoms with Crippen LogP contribution in [0.15, 0.2) is 41.5 Å². The van der Waals surface area contributed by atoms with Crippen molar-refractivity contribution in [1.29, 1.82) is 0 Å². The largest absolute Gasteiger partial charge is 0.454 e. The minimum absolute atomic E-state index is 0.0299. The summed E-state index contributed by atoms with van der Waals surface area (Å²) in [7, 11) is 0. The number of ether oxygens (including phenoxy) is 1. The number of cyclic esters (lactones) is 1. The van der Waals surface area contributed by atoms with Crippen LogP contribution in [0.3, 0.4) is 0 Å². The lowest BCUT2D eigenvalue weighted by Crippen LogP contribution is -2.15. The Morgan fingerprint density at radius 1 is 1.22 bits per heavy atom. The lowest BCUT2D eigenvalue weighted by molar-refractivity contribution is -0.140. The number of carbonyl (C=O) groups excluding carboxylic acids is 1. The molecule has 0 radical (unpaired) electrons. The second kappa shape index (κ2) is 5.38. The molecule has 96 valence electrons. The Kier molecular flexibility index (Phi) is 3.85. The molecule has 2 rings (SSSR count). The average molecular weight is 244 g/mol. The van der Waals surface area contributed by atoms with Gasteiger partial charge in [-0.3, -0.25) is 0 Å². The van der Waals surface area contributed by atoms with Crippen molar-refractivity contribution < 1.29 is 9.53 Å². The van der Waals surface area contributed by atoms with Crippen LogP contribution in [0.2, 0.25) is 0 Å². The molecule has 18 heavy (non-hydrogen) atoms. The Labute approximate surface area is 109 Å². The lowest BCUT2D eigenvalue weighted by atomic mass is 9.93. The van der Waals surface area contributed by atoms with Crippen molar-refractivity contribution in [2.24, 2.45) is 5.92 Å². The molecule has 1 aliphatic heterocycles. The molecule has 0 aromatic heterocycles. The minimum Gasteiger partial charge on any atom is -0.454 e. The van der Waals surface area contributed by atoms with Gasteiger partial charge >= 0.3 is 5.97 Å². The summed E-state index contributed by atoms with van der Waals surface area (Å²) in [6, 6.07) is 10.2. The Morgan fingerprint density at radius 3 is 2.50 bits per heavy atom. The highest BCUT2D eigenvalue weighted by Gasteiger charge is 2.31. The lowest BCUT2D eigenvalue weighted by Gasteiger charge is -2.16. The highest BCUT2D eigenvalue weighted by Crippen LogP contribution is 2.29. The van der Waals surface area contributed by atoms with Crippen LogP contribution in [-0.2, 0) is 16.0 Å². The minimum atomic E-state index is -0.147. The third-order valence-electron chi connectivity index (χ3n) is 3.35. The predicted octanol–water partition coefficient (Wildman–Crippen LogP) is 3.52. The summed E-state index contributed by atoms with van der Waals surface area (Å²) in [6.45, 7) is 6.18. The van der Waals surface area contributed by atoms with Gasteiger partial charge in [0.1, 0.15) is 6.10 Å². The van der Waals surface area contributed by atoms with Crippen LogP contribution in [0.25, 0.3) is 0 Å². The quantitative estimate of drug-likeness (QED) is 0.757. The molecule has 0 aliphatic carbocycles. The molecule has 2 nitrogen and oxygen atoms in total. The smallest absolute Gasteiger partial charge is 0.334 e. The molecule has 0 saturated heterocycles. The number of rotatable bonds is 4. The number of esters is 1. The maximum absolute atomic E-state index is 11.7. The normalized spacial score (nSPS) is 19.6. The van der Waals surface area contributed by atoms with Gasteiger partial charge in [-0.2, -0.15) is 0 Å². The Bertz CT molecular complexity index is 457. The molecule has 0 saturated carbocycles. The van der Waals surface area contributed by atoms with Crippen LogP contribution in [0.4, 0.5) is 0 Å². The zero-order valence-corrected chi connectivity index (χ0v) is 11.3. The van der Waals surface area contributed by atoms with Crippen molar-refractivity contribution in [3.63, 3.8) is 0 Å². The van der Waals surface area contributed by atoms with Gasteiger partial charge in [0.05, 0.1) is 0 Å². The first kappa shape index (κ1) is 12.9. The maximum atomic E-state index is 11.7. The van der Waals surface area contributed by atoms with E-state index >= 15 is 0 Å². The number of benzene rings is 1. The van der Waals surface area contributed by atoms with Crippen LogP contribution < -0.4 is 0 Å². The SMILES string of the molecule is CC1=C(Cc2ccccc2)C(CC(C)C)OC1=O. The van der Waals surface area contributed by atoms with E-state index in [9.17, 15) is 4.79 Å². The van der Waals surface area contributed by atoms with E-state index in [0.717, 1.165) is 24.0 Å². The van der Waals surface area contributed by atoms with Crippen LogP contribution in [-0.4, -0.2) is 12.1 Å². The first-order chi connectivity index (χ1) is 8.58. The van der Waals surface area contributed by atoms with Crippen molar-refractivity contribution in [1.82, 2.24) is 0 Å². The van der Waals surface area contributed by atoms with E-state index in [1.54, 1.807) is 0 Å². The summed E-state index contributed by atoms with van der Waals surface area (Å²) in [6.07, 6.45) is 1.69. The van der Waals surface area contributed by atoms with Gasteiger partial charge in [-0.15, -0.1) is 0 Å². The highest BCUT2D eigenvalue weighted by molar-refractivity contribution is 5.91. The van der Waals surface area contributed by atoms with Gasteiger partial charge in [0, 0.05) is 5.57 Å². The number of hydrogen-bond donors (Lipinski definition) is 0. The molecule has 1 aromatic carbocycles. The van der Waals surface area contributed by atoms with E-state index in [-0.39, 0.29) is 12.1 Å². The van der Waals surface area contributed by atoms with Crippen LogP contribution in [0, 0.1) is 5.92 Å². The summed E-state index contributed by atoms with van der Waals surface area (Å²) in [5, 5.41) is 0. The summed E-state index contributed by atoms with van der Waals surface area (Å²) >= 11 is 0. The molecule has 0 bridgehead atoms. The van der Waals surface area contributed by atoms with E-state index in [1.165, 1.54) is 5.56 Å². The van der Waals surface area contributed by atoms with Crippen molar-refractivity contribution in [2.75, 3.05) is 0 Å². The fraction of sp³-hybridized carbons (Fsp3) is 0.438. The van der Waals surface area contributed by atoms with Crippen LogP contribution in [0.1, 0.15) is 32.8 Å². The molecule has 0 spiro atoms. The van der Waals surface area contributed by atoms with Crippen molar-refractivity contribution in [2.45, 2.75) is 39.7 Å². The summed E-state index contributed by atoms with van der Waals surface area (Å²) in [5.74, 6) is 0.381. The monoisotopic (exact) mass is 244 g/mol. The summed E-state index contributed by atoms with van der Waals surface area (Å²) < 4.78 is 5.46. The number of carbonyl (C=O) groups is 1. The average Bonchev–Trinajstić information content (AvgIpc) is 2.58. The summed E-state index contributed by atoms with van der Waals surface area (Å²) in [4.78, 5) is 11.7. The molecule has 1 aliphatic rings. The fourth-order valence-corrected chi connectivity index (χ4v) is 2.34. The van der Waals surface area contributed by atoms with Gasteiger partial charge in [-0.25, -0.2) is 4.79 Å². The van der Waals surface area contributed by atoms with Crippen molar-refractivity contribution in [3.8, 4) is 0 Å². The maximum Gasteiger partial charge on any atom is 0.334 e. The molecule has 1 unspecified atom stereocenters. The van der Waals surface area contributed by atoms with Crippen LogP contribution >= 0.6 is 0 Å². The molecule has 1 heterocycles. The van der Waals surface area contributed by atoms with E-state index < -0.39 is 0 Å². The Morgan fingerprint density at radius 2 is 1.89 bits per heavy atom. The van der Waals surface area contributed by atoms with E-state index in [2.05, 4.69) is 26.0 Å². The molecule has 1 atom stereocenters. The first-order valence-corrected chi connectivity index (χ1v) is 6.52. The third kappa shape index (κ3) is 2.81. The molecular formula is C16H20O2. The van der Waals surface area contributed by atoms with Gasteiger partial charge in [0.2, 0.25) is 0 Å². The van der Waals surface area contributed by atoms with Crippen molar-refractivity contribution >= 4 is 5.97 Å². The van der Waals surface area contributed by atoms with Crippen LogP contribution in [0.5, 0.6) is 0 Å². The van der Waals surface area contributed by atoms with E-state index in [0.29, 0.717) is 5.92 Å². The van der Waals surface area contributed by atoms with E-state index in [4.69, 9.17) is 4.74 Å². The molecule has 0 N–H and O–H groups in total. The topological polar surface area (TPSA) is 26.3 Å². The standard InChI is InChI=1S/C16H20O2/c1-11(2)9-15-14(12(3)16(17)18-15)10-13-7-5-4-6-8-13/h4-8,11,15H,9-10H2,1-3H3. The zero-order valence-electron chi connectivity index (χ0n) is 11.3. The molecule has 0 amide bonds. The zero-order chi connectivity index (χ0) is 13.1. The second-order valence-corrected chi connectivity index (χ2v) is 5.34. The molecule has 0 fully saturated rings. The van der Waals surface area contributed by atoms with Gasteiger partial charge in [-0.1, -0.05) is 44.2 Å². The predicted molar refractivity (Wildman–Crippen MR) is 72.2 cm³/mol. The number of hydrogen-bond acceptors (Lipinski definition) is 2. The Hall–Kier alpha value is -1.57. The van der Waals surface area contributed by atoms with Gasteiger partial charge in [0.15, 0.2) is 0 Å². The summed E-state index contributed by atoms with van der Waals surface area (Å²) in [5.41, 5.74) is 3.18. The van der Waals surface area contributed by atoms with Gasteiger partial charge in [-0.05, 0) is 36.8 Å². The second-order valence-electron chi connectivity index (χ2n) is 5.34. The van der Waals surface area contributed by atoms with E-state index in [1.807, 2.05) is 25.1 Å². The molecular weight excluding hydrogens is 224 g/mol. The third-order valence-corrected chi connectivity index (χ3v) is 3.35. The van der Waals surface area contributed by atoms with Gasteiger partial charge in [0.25, 0.3) is 0 Å².